The molecular weight excluding hydrogens is 372 g/mol. The Morgan fingerprint density at radius 1 is 1.10 bits per heavy atom. The Kier molecular flexibility index (Phi) is 5.03. The minimum atomic E-state index is 0.111. The Hall–Kier alpha value is -2.72. The number of nitrogens with one attached hydrogen (secondary N) is 2. The van der Waals surface area contributed by atoms with Gasteiger partial charge in [-0.3, -0.25) is 9.78 Å². The Labute approximate surface area is 168 Å². The molecular formula is C19H26N8O2. The molecule has 1 saturated carbocycles. The molecule has 0 aromatic carbocycles. The molecule has 1 aliphatic heterocycles. The van der Waals surface area contributed by atoms with Gasteiger partial charge in [-0.1, -0.05) is 0 Å². The third-order valence-corrected chi connectivity index (χ3v) is 5.69. The number of aromatic amines is 1. The van der Waals surface area contributed by atoms with Crippen LogP contribution >= 0.6 is 0 Å². The molecule has 0 atom stereocenters. The zero-order valence-corrected chi connectivity index (χ0v) is 16.3. The lowest BCUT2D eigenvalue weighted by Gasteiger charge is -2.26. The van der Waals surface area contributed by atoms with Gasteiger partial charge in [0, 0.05) is 25.5 Å². The van der Waals surface area contributed by atoms with Crippen LogP contribution in [0.15, 0.2) is 18.6 Å². The monoisotopic (exact) mass is 398 g/mol. The van der Waals surface area contributed by atoms with Crippen LogP contribution in [0.25, 0.3) is 11.0 Å². The highest BCUT2D eigenvalue weighted by atomic mass is 16.5. The molecule has 0 bridgehead atoms. The third kappa shape index (κ3) is 4.03. The van der Waals surface area contributed by atoms with Crippen molar-refractivity contribution >= 4 is 22.7 Å². The zero-order chi connectivity index (χ0) is 19.6. The first-order valence-corrected chi connectivity index (χ1v) is 10.3. The fraction of sp³-hybridized carbons (Fsp3) is 0.579. The van der Waals surface area contributed by atoms with E-state index in [-0.39, 0.29) is 12.1 Å². The van der Waals surface area contributed by atoms with Crippen molar-refractivity contribution in [1.82, 2.24) is 29.9 Å². The Morgan fingerprint density at radius 3 is 2.76 bits per heavy atom. The van der Waals surface area contributed by atoms with E-state index in [1.165, 1.54) is 0 Å². The minimum absolute atomic E-state index is 0.111. The molecule has 0 amide bonds. The van der Waals surface area contributed by atoms with Gasteiger partial charge in [0.05, 0.1) is 24.1 Å². The van der Waals surface area contributed by atoms with Crippen LogP contribution in [0.5, 0.6) is 5.88 Å². The van der Waals surface area contributed by atoms with E-state index in [4.69, 9.17) is 15.2 Å². The van der Waals surface area contributed by atoms with Crippen LogP contribution in [-0.2, 0) is 4.74 Å². The van der Waals surface area contributed by atoms with Gasteiger partial charge >= 0.3 is 0 Å². The summed E-state index contributed by atoms with van der Waals surface area (Å²) in [7, 11) is 0. The van der Waals surface area contributed by atoms with E-state index in [9.17, 15) is 0 Å². The lowest BCUT2D eigenvalue weighted by atomic mass is 9.94. The summed E-state index contributed by atoms with van der Waals surface area (Å²) in [5, 5.41) is 14.8. The van der Waals surface area contributed by atoms with Gasteiger partial charge in [0.1, 0.15) is 17.1 Å². The van der Waals surface area contributed by atoms with Crippen molar-refractivity contribution in [3.8, 4) is 5.88 Å². The Bertz CT molecular complexity index is 956. The molecule has 154 valence electrons. The number of hydrogen-bond donors (Lipinski definition) is 3. The van der Waals surface area contributed by atoms with E-state index < -0.39 is 0 Å². The molecule has 1 saturated heterocycles. The van der Waals surface area contributed by atoms with Crippen LogP contribution in [0.4, 0.5) is 11.6 Å². The lowest BCUT2D eigenvalue weighted by molar-refractivity contribution is 0.0662. The number of aromatic nitrogens is 6. The molecule has 10 heteroatoms. The van der Waals surface area contributed by atoms with E-state index in [0.29, 0.717) is 28.9 Å². The minimum Gasteiger partial charge on any atom is -0.473 e. The number of ether oxygens (including phenoxy) is 2. The maximum atomic E-state index is 6.20. The third-order valence-electron chi connectivity index (χ3n) is 5.69. The molecule has 10 nitrogen and oxygen atoms in total. The topological polar surface area (TPSA) is 129 Å². The van der Waals surface area contributed by atoms with Gasteiger partial charge < -0.3 is 20.5 Å². The number of H-pyrrole nitrogens is 1. The fourth-order valence-corrected chi connectivity index (χ4v) is 4.00. The highest BCUT2D eigenvalue weighted by molar-refractivity contribution is 5.80. The average Bonchev–Trinajstić information content (AvgIpc) is 3.40. The van der Waals surface area contributed by atoms with E-state index >= 15 is 0 Å². The van der Waals surface area contributed by atoms with Gasteiger partial charge in [0.15, 0.2) is 0 Å². The predicted molar refractivity (Wildman–Crippen MR) is 107 cm³/mol. The molecule has 5 rings (SSSR count). The van der Waals surface area contributed by atoms with E-state index in [2.05, 4.69) is 30.6 Å². The highest BCUT2D eigenvalue weighted by Gasteiger charge is 2.22. The molecule has 2 fully saturated rings. The van der Waals surface area contributed by atoms with Gasteiger partial charge in [-0.05, 0) is 38.5 Å². The van der Waals surface area contributed by atoms with E-state index in [1.807, 2.05) is 10.9 Å². The summed E-state index contributed by atoms with van der Waals surface area (Å²) in [5.41, 5.74) is 8.27. The standard InChI is InChI=1S/C19H26N8O2/c20-12-1-3-15(4-2-12)29-18-17-16(10-21-26-17)24-19(25-18)23-13-9-22-27(11-13)14-5-7-28-8-6-14/h9-12,14-15H,1-8,20H2,(H,21,26)(H,23,24,25)/t12-,15-. The van der Waals surface area contributed by atoms with Crippen molar-refractivity contribution in [3.05, 3.63) is 18.6 Å². The number of fused-ring (bicyclic) bond motifs is 1. The maximum absolute atomic E-state index is 6.20. The number of anilines is 2. The fourth-order valence-electron chi connectivity index (χ4n) is 4.00. The van der Waals surface area contributed by atoms with Gasteiger partial charge in [0.2, 0.25) is 11.8 Å². The summed E-state index contributed by atoms with van der Waals surface area (Å²) < 4.78 is 13.6. The first-order chi connectivity index (χ1) is 14.2. The summed E-state index contributed by atoms with van der Waals surface area (Å²) in [6, 6.07) is 0.644. The van der Waals surface area contributed by atoms with Crippen LogP contribution in [-0.4, -0.2) is 55.3 Å². The van der Waals surface area contributed by atoms with Gasteiger partial charge in [0.25, 0.3) is 0 Å². The van der Waals surface area contributed by atoms with Crippen molar-refractivity contribution in [3.63, 3.8) is 0 Å². The second-order valence-electron chi connectivity index (χ2n) is 7.81. The molecule has 0 spiro atoms. The summed E-state index contributed by atoms with van der Waals surface area (Å²) in [4.78, 5) is 9.14. The van der Waals surface area contributed by atoms with Crippen molar-refractivity contribution in [2.45, 2.75) is 56.7 Å². The first kappa shape index (κ1) is 18.3. The second-order valence-corrected chi connectivity index (χ2v) is 7.81. The van der Waals surface area contributed by atoms with E-state index in [0.717, 1.165) is 57.4 Å². The van der Waals surface area contributed by atoms with Crippen molar-refractivity contribution < 1.29 is 9.47 Å². The van der Waals surface area contributed by atoms with E-state index in [1.54, 1.807) is 12.4 Å². The normalized spacial score (nSPS) is 23.3. The van der Waals surface area contributed by atoms with Crippen molar-refractivity contribution in [2.75, 3.05) is 18.5 Å². The van der Waals surface area contributed by atoms with Crippen LogP contribution in [0.2, 0.25) is 0 Å². The molecule has 29 heavy (non-hydrogen) atoms. The number of nitrogens with two attached hydrogens (primary N) is 1. The quantitative estimate of drug-likeness (QED) is 0.597. The van der Waals surface area contributed by atoms with Gasteiger partial charge in [-0.15, -0.1) is 0 Å². The van der Waals surface area contributed by atoms with Crippen LogP contribution in [0.3, 0.4) is 0 Å². The lowest BCUT2D eigenvalue weighted by Crippen LogP contribution is -2.31. The molecule has 2 aliphatic rings. The Morgan fingerprint density at radius 2 is 1.93 bits per heavy atom. The largest absolute Gasteiger partial charge is 0.473 e. The molecule has 3 aromatic heterocycles. The smallest absolute Gasteiger partial charge is 0.245 e. The summed E-state index contributed by atoms with van der Waals surface area (Å²) in [6.07, 6.45) is 11.3. The number of rotatable bonds is 5. The average molecular weight is 398 g/mol. The highest BCUT2D eigenvalue weighted by Crippen LogP contribution is 2.28. The summed E-state index contributed by atoms with van der Waals surface area (Å²) >= 11 is 0. The van der Waals surface area contributed by atoms with Crippen LogP contribution < -0.4 is 15.8 Å². The summed E-state index contributed by atoms with van der Waals surface area (Å²) in [5.74, 6) is 0.986. The molecule has 0 unspecified atom stereocenters. The Balaban J connectivity index is 1.34. The molecule has 4 heterocycles. The molecule has 0 radical (unpaired) electrons. The molecule has 3 aromatic rings. The SMILES string of the molecule is N[C@H]1CC[C@H](Oc2nc(Nc3cnn(C4CCOCC4)c3)nc3cn[nH]c23)CC1. The molecule has 4 N–H and O–H groups in total. The van der Waals surface area contributed by atoms with Crippen molar-refractivity contribution in [1.29, 1.82) is 0 Å². The first-order valence-electron chi connectivity index (χ1n) is 10.3. The second kappa shape index (κ2) is 7.96. The number of nitrogens with zero attached hydrogens (tertiary/aromatic N) is 5. The van der Waals surface area contributed by atoms with Gasteiger partial charge in [-0.25, -0.2) is 4.98 Å². The summed E-state index contributed by atoms with van der Waals surface area (Å²) in [6.45, 7) is 1.56. The predicted octanol–water partition coefficient (Wildman–Crippen LogP) is 2.29. The van der Waals surface area contributed by atoms with Gasteiger partial charge in [-0.2, -0.15) is 15.2 Å². The van der Waals surface area contributed by atoms with Crippen LogP contribution in [0.1, 0.15) is 44.6 Å². The maximum Gasteiger partial charge on any atom is 0.245 e. The zero-order valence-electron chi connectivity index (χ0n) is 16.3. The molecule has 1 aliphatic carbocycles. The van der Waals surface area contributed by atoms with Crippen molar-refractivity contribution in [2.24, 2.45) is 5.73 Å². The number of hydrogen-bond acceptors (Lipinski definition) is 8. The van der Waals surface area contributed by atoms with Crippen LogP contribution in [0, 0.1) is 0 Å².